The van der Waals surface area contributed by atoms with Gasteiger partial charge in [0, 0.05) is 19.8 Å². The van der Waals surface area contributed by atoms with E-state index in [4.69, 9.17) is 10.5 Å². The third-order valence-corrected chi connectivity index (χ3v) is 3.01. The molecular formula is C16H20N2O. The molecule has 2 aromatic carbocycles. The van der Waals surface area contributed by atoms with Crippen LogP contribution in [0.5, 0.6) is 5.75 Å². The molecule has 0 aromatic heterocycles. The van der Waals surface area contributed by atoms with Crippen molar-refractivity contribution in [1.82, 2.24) is 0 Å². The molecule has 3 nitrogen and oxygen atoms in total. The van der Waals surface area contributed by atoms with Crippen molar-refractivity contribution >= 4 is 11.4 Å². The SMILES string of the molecule is Cc1ccc(OCc2ccc(N(C)C)cc2)c(N)c1. The molecule has 0 aliphatic rings. The van der Waals surface area contributed by atoms with E-state index in [2.05, 4.69) is 29.2 Å². The van der Waals surface area contributed by atoms with E-state index in [-0.39, 0.29) is 0 Å². The monoisotopic (exact) mass is 256 g/mol. The van der Waals surface area contributed by atoms with Crippen molar-refractivity contribution in [1.29, 1.82) is 0 Å². The molecule has 0 aliphatic carbocycles. The average molecular weight is 256 g/mol. The van der Waals surface area contributed by atoms with Crippen molar-refractivity contribution < 1.29 is 4.74 Å². The molecule has 100 valence electrons. The normalized spacial score (nSPS) is 10.3. The number of benzene rings is 2. The highest BCUT2D eigenvalue weighted by molar-refractivity contribution is 5.54. The number of nitrogens with two attached hydrogens (primary N) is 1. The molecule has 2 N–H and O–H groups in total. The van der Waals surface area contributed by atoms with Crippen LogP contribution in [0.25, 0.3) is 0 Å². The molecule has 3 heteroatoms. The van der Waals surface area contributed by atoms with E-state index in [9.17, 15) is 0 Å². The van der Waals surface area contributed by atoms with Crippen molar-refractivity contribution in [2.75, 3.05) is 24.7 Å². The molecule has 0 heterocycles. The molecule has 0 saturated carbocycles. The van der Waals surface area contributed by atoms with Gasteiger partial charge in [0.15, 0.2) is 0 Å². The molecule has 2 rings (SSSR count). The predicted octanol–water partition coefficient (Wildman–Crippen LogP) is 3.22. The van der Waals surface area contributed by atoms with Crippen LogP contribution < -0.4 is 15.4 Å². The molecule has 0 atom stereocenters. The average Bonchev–Trinajstić information content (AvgIpc) is 2.38. The summed E-state index contributed by atoms with van der Waals surface area (Å²) >= 11 is 0. The maximum absolute atomic E-state index is 5.92. The van der Waals surface area contributed by atoms with Crippen molar-refractivity contribution in [2.24, 2.45) is 0 Å². The van der Waals surface area contributed by atoms with Gasteiger partial charge in [0.1, 0.15) is 12.4 Å². The summed E-state index contributed by atoms with van der Waals surface area (Å²) in [7, 11) is 4.05. The summed E-state index contributed by atoms with van der Waals surface area (Å²) in [6.45, 7) is 2.54. The minimum atomic E-state index is 0.529. The standard InChI is InChI=1S/C16H20N2O/c1-12-4-9-16(15(17)10-12)19-11-13-5-7-14(8-6-13)18(2)3/h4-10H,11,17H2,1-3H3. The van der Waals surface area contributed by atoms with Gasteiger partial charge < -0.3 is 15.4 Å². The van der Waals surface area contributed by atoms with Gasteiger partial charge in [-0.05, 0) is 42.3 Å². The van der Waals surface area contributed by atoms with E-state index in [0.29, 0.717) is 12.3 Å². The van der Waals surface area contributed by atoms with Gasteiger partial charge in [-0.15, -0.1) is 0 Å². The van der Waals surface area contributed by atoms with Gasteiger partial charge in [0.25, 0.3) is 0 Å². The van der Waals surface area contributed by atoms with Crippen LogP contribution in [-0.2, 0) is 6.61 Å². The van der Waals surface area contributed by atoms with E-state index in [1.54, 1.807) is 0 Å². The highest BCUT2D eigenvalue weighted by Gasteiger charge is 2.02. The zero-order valence-electron chi connectivity index (χ0n) is 11.7. The third-order valence-electron chi connectivity index (χ3n) is 3.01. The molecule has 0 unspecified atom stereocenters. The fraction of sp³-hybridized carbons (Fsp3) is 0.250. The highest BCUT2D eigenvalue weighted by Crippen LogP contribution is 2.23. The first kappa shape index (κ1) is 13.3. The number of nitrogen functional groups attached to an aromatic ring is 1. The summed E-state index contributed by atoms with van der Waals surface area (Å²) in [4.78, 5) is 2.07. The molecular weight excluding hydrogens is 236 g/mol. The topological polar surface area (TPSA) is 38.5 Å². The van der Waals surface area contributed by atoms with Crippen molar-refractivity contribution in [3.05, 3.63) is 53.6 Å². The number of anilines is 2. The number of rotatable bonds is 4. The second kappa shape index (κ2) is 5.65. The first-order valence-electron chi connectivity index (χ1n) is 6.31. The fourth-order valence-electron chi connectivity index (χ4n) is 1.85. The molecule has 19 heavy (non-hydrogen) atoms. The molecule has 0 radical (unpaired) electrons. The summed E-state index contributed by atoms with van der Waals surface area (Å²) in [6.07, 6.45) is 0. The van der Waals surface area contributed by atoms with Crippen LogP contribution in [-0.4, -0.2) is 14.1 Å². The van der Waals surface area contributed by atoms with Gasteiger partial charge in [-0.2, -0.15) is 0 Å². The third kappa shape index (κ3) is 3.41. The maximum Gasteiger partial charge on any atom is 0.142 e. The van der Waals surface area contributed by atoms with Gasteiger partial charge in [0.2, 0.25) is 0 Å². The Labute approximate surface area is 114 Å². The van der Waals surface area contributed by atoms with Crippen LogP contribution in [0.4, 0.5) is 11.4 Å². The number of hydrogen-bond acceptors (Lipinski definition) is 3. The van der Waals surface area contributed by atoms with Crippen LogP contribution in [0.1, 0.15) is 11.1 Å². The van der Waals surface area contributed by atoms with E-state index < -0.39 is 0 Å². The van der Waals surface area contributed by atoms with Gasteiger partial charge in [0.05, 0.1) is 5.69 Å². The highest BCUT2D eigenvalue weighted by atomic mass is 16.5. The first-order chi connectivity index (χ1) is 9.06. The minimum absolute atomic E-state index is 0.529. The Hall–Kier alpha value is -2.16. The summed E-state index contributed by atoms with van der Waals surface area (Å²) in [5.41, 5.74) is 10.1. The zero-order chi connectivity index (χ0) is 13.8. The lowest BCUT2D eigenvalue weighted by Gasteiger charge is -2.13. The number of hydrogen-bond donors (Lipinski definition) is 1. The maximum atomic E-state index is 5.92. The summed E-state index contributed by atoms with van der Waals surface area (Å²) in [6, 6.07) is 14.1. The van der Waals surface area contributed by atoms with E-state index in [1.807, 2.05) is 39.2 Å². The predicted molar refractivity (Wildman–Crippen MR) is 80.7 cm³/mol. The molecule has 0 aliphatic heterocycles. The van der Waals surface area contributed by atoms with Crippen LogP contribution >= 0.6 is 0 Å². The van der Waals surface area contributed by atoms with Gasteiger partial charge >= 0.3 is 0 Å². The summed E-state index contributed by atoms with van der Waals surface area (Å²) in [5.74, 6) is 0.738. The summed E-state index contributed by atoms with van der Waals surface area (Å²) in [5, 5.41) is 0. The molecule has 0 bridgehead atoms. The summed E-state index contributed by atoms with van der Waals surface area (Å²) < 4.78 is 5.74. The van der Waals surface area contributed by atoms with Gasteiger partial charge in [-0.3, -0.25) is 0 Å². The Morgan fingerprint density at radius 3 is 2.32 bits per heavy atom. The lowest BCUT2D eigenvalue weighted by molar-refractivity contribution is 0.308. The van der Waals surface area contributed by atoms with Crippen LogP contribution in [0.2, 0.25) is 0 Å². The number of aryl methyl sites for hydroxylation is 1. The fourth-order valence-corrected chi connectivity index (χ4v) is 1.85. The van der Waals surface area contributed by atoms with E-state index >= 15 is 0 Å². The van der Waals surface area contributed by atoms with E-state index in [0.717, 1.165) is 16.9 Å². The molecule has 0 saturated heterocycles. The Morgan fingerprint density at radius 1 is 1.05 bits per heavy atom. The molecule has 0 spiro atoms. The Morgan fingerprint density at radius 2 is 1.74 bits per heavy atom. The van der Waals surface area contributed by atoms with E-state index in [1.165, 1.54) is 5.69 Å². The second-order valence-electron chi connectivity index (χ2n) is 4.89. The van der Waals surface area contributed by atoms with Gasteiger partial charge in [-0.1, -0.05) is 18.2 Å². The second-order valence-corrected chi connectivity index (χ2v) is 4.89. The number of ether oxygens (including phenoxy) is 1. The van der Waals surface area contributed by atoms with Crippen molar-refractivity contribution in [2.45, 2.75) is 13.5 Å². The minimum Gasteiger partial charge on any atom is -0.487 e. The quantitative estimate of drug-likeness (QED) is 0.854. The smallest absolute Gasteiger partial charge is 0.142 e. The molecule has 0 fully saturated rings. The van der Waals surface area contributed by atoms with Crippen LogP contribution in [0.3, 0.4) is 0 Å². The largest absolute Gasteiger partial charge is 0.487 e. The first-order valence-corrected chi connectivity index (χ1v) is 6.31. The lowest BCUT2D eigenvalue weighted by atomic mass is 10.2. The molecule has 0 amide bonds. The van der Waals surface area contributed by atoms with Gasteiger partial charge in [-0.25, -0.2) is 0 Å². The van der Waals surface area contributed by atoms with Crippen LogP contribution in [0.15, 0.2) is 42.5 Å². The van der Waals surface area contributed by atoms with Crippen molar-refractivity contribution in [3.63, 3.8) is 0 Å². The Bertz CT molecular complexity index is 547. The Balaban J connectivity index is 2.02. The zero-order valence-corrected chi connectivity index (χ0v) is 11.7. The lowest BCUT2D eigenvalue weighted by Crippen LogP contribution is -2.08. The molecule has 2 aromatic rings. The van der Waals surface area contributed by atoms with Crippen molar-refractivity contribution in [3.8, 4) is 5.75 Å². The number of nitrogens with zero attached hydrogens (tertiary/aromatic N) is 1. The Kier molecular flexibility index (Phi) is 3.95. The van der Waals surface area contributed by atoms with Crippen LogP contribution in [0, 0.1) is 6.92 Å².